The average molecular weight is 333 g/mol. The van der Waals surface area contributed by atoms with E-state index in [2.05, 4.69) is 27.4 Å². The highest BCUT2D eigenvalue weighted by atomic mass is 16.4. The number of nitrogens with one attached hydrogen (secondary N) is 1. The summed E-state index contributed by atoms with van der Waals surface area (Å²) in [6, 6.07) is 12.8. The fourth-order valence-corrected chi connectivity index (χ4v) is 3.75. The van der Waals surface area contributed by atoms with Crippen molar-refractivity contribution in [2.75, 3.05) is 13.1 Å². The molecule has 2 N–H and O–H groups in total. The van der Waals surface area contributed by atoms with E-state index in [1.807, 2.05) is 0 Å². The first-order valence-electron chi connectivity index (χ1n) is 8.46. The summed E-state index contributed by atoms with van der Waals surface area (Å²) in [5.41, 5.74) is 5.41. The van der Waals surface area contributed by atoms with Crippen LogP contribution in [0.5, 0.6) is 0 Å². The molecular weight excluding hydrogens is 314 g/mol. The van der Waals surface area contributed by atoms with Crippen molar-refractivity contribution in [3.05, 3.63) is 71.5 Å². The SMILES string of the molecule is O=C(O)c1ccccc1.c1cnc2cc3c(cc2n1)[C@@H]1CNC[C@H]3C1. The minimum atomic E-state index is -0.879. The van der Waals surface area contributed by atoms with Gasteiger partial charge in [-0.2, -0.15) is 0 Å². The zero-order valence-corrected chi connectivity index (χ0v) is 13.7. The largest absolute Gasteiger partial charge is 0.478 e. The lowest BCUT2D eigenvalue weighted by atomic mass is 9.98. The van der Waals surface area contributed by atoms with Crippen LogP contribution >= 0.6 is 0 Å². The number of benzene rings is 2. The molecule has 1 aromatic heterocycles. The fourth-order valence-electron chi connectivity index (χ4n) is 3.75. The van der Waals surface area contributed by atoms with Gasteiger partial charge in [-0.15, -0.1) is 0 Å². The standard InChI is InChI=1S/C13H13N3.C7H6O2/c1-2-16-13-5-11-9-3-8(6-14-7-9)10(11)4-12(13)15-1;8-7(9)6-4-2-1-3-5-6/h1-2,4-5,8-9,14H,3,6-7H2;1-5H,(H,8,9)/t8-,9+;. The van der Waals surface area contributed by atoms with Crippen molar-refractivity contribution in [1.29, 1.82) is 0 Å². The van der Waals surface area contributed by atoms with Gasteiger partial charge < -0.3 is 10.4 Å². The van der Waals surface area contributed by atoms with Crippen LogP contribution < -0.4 is 5.32 Å². The topological polar surface area (TPSA) is 75.1 Å². The first-order valence-corrected chi connectivity index (χ1v) is 8.46. The highest BCUT2D eigenvalue weighted by Gasteiger charge is 2.34. The fraction of sp³-hybridized carbons (Fsp3) is 0.250. The highest BCUT2D eigenvalue weighted by molar-refractivity contribution is 5.87. The van der Waals surface area contributed by atoms with E-state index in [0.717, 1.165) is 24.1 Å². The number of hydrogen-bond donors (Lipinski definition) is 2. The Labute approximate surface area is 145 Å². The van der Waals surface area contributed by atoms with E-state index < -0.39 is 5.97 Å². The van der Waals surface area contributed by atoms with Crippen molar-refractivity contribution in [2.45, 2.75) is 18.3 Å². The Morgan fingerprint density at radius 1 is 0.960 bits per heavy atom. The van der Waals surface area contributed by atoms with Crippen molar-refractivity contribution >= 4 is 17.0 Å². The molecule has 2 bridgehead atoms. The third-order valence-electron chi connectivity index (χ3n) is 4.93. The minimum Gasteiger partial charge on any atom is -0.478 e. The van der Waals surface area contributed by atoms with E-state index in [9.17, 15) is 4.79 Å². The van der Waals surface area contributed by atoms with Crippen molar-refractivity contribution in [1.82, 2.24) is 15.3 Å². The van der Waals surface area contributed by atoms with Crippen molar-refractivity contribution in [3.8, 4) is 0 Å². The summed E-state index contributed by atoms with van der Waals surface area (Å²) in [4.78, 5) is 19.0. The third kappa shape index (κ3) is 3.10. The first kappa shape index (κ1) is 15.7. The van der Waals surface area contributed by atoms with Crippen molar-refractivity contribution in [3.63, 3.8) is 0 Å². The van der Waals surface area contributed by atoms with Crippen LogP contribution in [0.4, 0.5) is 0 Å². The van der Waals surface area contributed by atoms with Gasteiger partial charge in [0.05, 0.1) is 16.6 Å². The molecule has 5 rings (SSSR count). The number of piperidine rings is 1. The van der Waals surface area contributed by atoms with Crippen molar-refractivity contribution in [2.24, 2.45) is 0 Å². The Morgan fingerprint density at radius 3 is 2.00 bits per heavy atom. The highest BCUT2D eigenvalue weighted by Crippen LogP contribution is 2.44. The molecule has 3 aromatic rings. The summed E-state index contributed by atoms with van der Waals surface area (Å²) < 4.78 is 0. The molecule has 1 saturated heterocycles. The van der Waals surface area contributed by atoms with Gasteiger partial charge in [-0.25, -0.2) is 4.79 Å². The molecule has 1 aliphatic carbocycles. The molecule has 126 valence electrons. The number of hydrogen-bond acceptors (Lipinski definition) is 4. The summed E-state index contributed by atoms with van der Waals surface area (Å²) in [5, 5.41) is 11.9. The maximum atomic E-state index is 10.2. The second kappa shape index (κ2) is 6.61. The molecule has 2 aromatic carbocycles. The Morgan fingerprint density at radius 2 is 1.52 bits per heavy atom. The van der Waals surface area contributed by atoms with Gasteiger partial charge in [0.25, 0.3) is 0 Å². The summed E-state index contributed by atoms with van der Waals surface area (Å²) in [6.07, 6.45) is 4.85. The zero-order valence-electron chi connectivity index (χ0n) is 13.7. The van der Waals surface area contributed by atoms with Gasteiger partial charge in [0.15, 0.2) is 0 Å². The van der Waals surface area contributed by atoms with E-state index in [4.69, 9.17) is 5.11 Å². The van der Waals surface area contributed by atoms with Gasteiger partial charge >= 0.3 is 5.97 Å². The summed E-state index contributed by atoms with van der Waals surface area (Å²) in [6.45, 7) is 2.24. The molecular formula is C20H19N3O2. The molecule has 5 nitrogen and oxygen atoms in total. The van der Waals surface area contributed by atoms with E-state index in [1.54, 1.807) is 42.7 Å². The average Bonchev–Trinajstić information content (AvgIpc) is 2.91. The van der Waals surface area contributed by atoms with Gasteiger partial charge in [-0.3, -0.25) is 9.97 Å². The van der Waals surface area contributed by atoms with E-state index in [-0.39, 0.29) is 0 Å². The van der Waals surface area contributed by atoms with Crippen LogP contribution in [0.2, 0.25) is 0 Å². The summed E-state index contributed by atoms with van der Waals surface area (Å²) >= 11 is 0. The normalized spacial score (nSPS) is 20.5. The number of carbonyl (C=O) groups is 1. The number of aromatic carboxylic acids is 1. The van der Waals surface area contributed by atoms with Crippen LogP contribution in [0, 0.1) is 0 Å². The van der Waals surface area contributed by atoms with Gasteiger partial charge in [0, 0.05) is 25.5 Å². The van der Waals surface area contributed by atoms with Crippen LogP contribution in [0.3, 0.4) is 0 Å². The van der Waals surface area contributed by atoms with E-state index >= 15 is 0 Å². The van der Waals surface area contributed by atoms with Crippen LogP contribution in [-0.2, 0) is 0 Å². The number of nitrogens with zero attached hydrogens (tertiary/aromatic N) is 2. The quantitative estimate of drug-likeness (QED) is 0.715. The number of rotatable bonds is 1. The van der Waals surface area contributed by atoms with Gasteiger partial charge in [0.2, 0.25) is 0 Å². The summed E-state index contributed by atoms with van der Waals surface area (Å²) in [5.74, 6) is 0.510. The van der Waals surface area contributed by atoms with Gasteiger partial charge in [-0.05, 0) is 53.6 Å². The van der Waals surface area contributed by atoms with Gasteiger partial charge in [-0.1, -0.05) is 18.2 Å². The van der Waals surface area contributed by atoms with Gasteiger partial charge in [0.1, 0.15) is 0 Å². The molecule has 0 saturated carbocycles. The Hall–Kier alpha value is -2.79. The maximum Gasteiger partial charge on any atom is 0.335 e. The predicted octanol–water partition coefficient (Wildman–Crippen LogP) is 3.19. The van der Waals surface area contributed by atoms with Crippen LogP contribution in [0.1, 0.15) is 39.7 Å². The lowest BCUT2D eigenvalue weighted by Crippen LogP contribution is -2.28. The number of fused-ring (bicyclic) bond motifs is 6. The van der Waals surface area contributed by atoms with Crippen LogP contribution in [0.15, 0.2) is 54.9 Å². The lowest BCUT2D eigenvalue weighted by Gasteiger charge is -2.19. The molecule has 1 fully saturated rings. The molecule has 0 spiro atoms. The number of carboxylic acids is 1. The number of aromatic nitrogens is 2. The molecule has 0 radical (unpaired) electrons. The Bertz CT molecular complexity index is 863. The molecule has 1 aliphatic heterocycles. The molecule has 2 aliphatic rings. The van der Waals surface area contributed by atoms with E-state index in [0.29, 0.717) is 17.4 Å². The number of carboxylic acid groups (broad SMARTS) is 1. The van der Waals surface area contributed by atoms with E-state index in [1.165, 1.54) is 17.5 Å². The van der Waals surface area contributed by atoms with Crippen LogP contribution in [0.25, 0.3) is 11.0 Å². The smallest absolute Gasteiger partial charge is 0.335 e. The second-order valence-electron chi connectivity index (χ2n) is 6.49. The van der Waals surface area contributed by atoms with Crippen LogP contribution in [-0.4, -0.2) is 34.1 Å². The molecule has 2 atom stereocenters. The maximum absolute atomic E-state index is 10.2. The molecule has 2 heterocycles. The third-order valence-corrected chi connectivity index (χ3v) is 4.93. The lowest BCUT2D eigenvalue weighted by molar-refractivity contribution is 0.0697. The predicted molar refractivity (Wildman–Crippen MR) is 95.9 cm³/mol. The Kier molecular flexibility index (Phi) is 4.15. The zero-order chi connectivity index (χ0) is 17.2. The summed E-state index contributed by atoms with van der Waals surface area (Å²) in [7, 11) is 0. The molecule has 0 unspecified atom stereocenters. The Balaban J connectivity index is 0.000000150. The monoisotopic (exact) mass is 333 g/mol. The second-order valence-corrected chi connectivity index (χ2v) is 6.49. The first-order chi connectivity index (χ1) is 12.2. The molecule has 25 heavy (non-hydrogen) atoms. The van der Waals surface area contributed by atoms with Crippen molar-refractivity contribution < 1.29 is 9.90 Å². The minimum absolute atomic E-state index is 0.331. The molecule has 0 amide bonds. The molecule has 5 heteroatoms.